The Hall–Kier alpha value is -1.65. The van der Waals surface area contributed by atoms with Gasteiger partial charge in [0.25, 0.3) is 0 Å². The molecule has 2 heterocycles. The zero-order valence-corrected chi connectivity index (χ0v) is 5.14. The van der Waals surface area contributed by atoms with Crippen LogP contribution in [0.1, 0.15) is 0 Å². The Bertz CT molecular complexity index is 153. The van der Waals surface area contributed by atoms with Gasteiger partial charge in [-0.2, -0.15) is 5.10 Å². The fourth-order valence-electron chi connectivity index (χ4n) is 0.351. The summed E-state index contributed by atoms with van der Waals surface area (Å²) in [5.74, 6) is 0. The number of hydrogen-bond donors (Lipinski definition) is 1. The number of nitrogens with zero attached hydrogens (tertiary/aromatic N) is 3. The van der Waals surface area contributed by atoms with Crippen molar-refractivity contribution in [2.45, 2.75) is 0 Å². The van der Waals surface area contributed by atoms with Crippen LogP contribution in [0.2, 0.25) is 0 Å². The molecular weight excluding hydrogens is 132 g/mol. The van der Waals surface area contributed by atoms with Gasteiger partial charge in [-0.25, -0.2) is 0 Å². The third-order valence-corrected chi connectivity index (χ3v) is 0.689. The molecule has 2 rings (SSSR count). The second kappa shape index (κ2) is 4.25. The highest BCUT2D eigenvalue weighted by Crippen LogP contribution is 1.65. The molecule has 1 N–H and O–H groups in total. The van der Waals surface area contributed by atoms with E-state index in [0.717, 1.165) is 0 Å². The SMILES string of the molecule is c1cn[nH]c1.c1conn1. The molecule has 0 saturated carbocycles. The lowest BCUT2D eigenvalue weighted by molar-refractivity contribution is 0.393. The van der Waals surface area contributed by atoms with Crippen LogP contribution in [-0.4, -0.2) is 20.6 Å². The standard InChI is InChI=1S/C3H4N2.C2H2N2O/c1-2-4-5-3-1;1-2-5-4-3-1/h1-3H,(H,4,5);1-2H. The van der Waals surface area contributed by atoms with Gasteiger partial charge in [0, 0.05) is 17.7 Å². The molecule has 0 amide bonds. The predicted octanol–water partition coefficient (Wildman–Crippen LogP) is 0.479. The monoisotopic (exact) mass is 138 g/mol. The zero-order chi connectivity index (χ0) is 7.07. The molecule has 0 aromatic carbocycles. The average molecular weight is 138 g/mol. The van der Waals surface area contributed by atoms with Crippen LogP contribution in [0.5, 0.6) is 0 Å². The van der Waals surface area contributed by atoms with E-state index in [1.54, 1.807) is 12.4 Å². The van der Waals surface area contributed by atoms with E-state index in [0.29, 0.717) is 0 Å². The van der Waals surface area contributed by atoms with E-state index >= 15 is 0 Å². The summed E-state index contributed by atoms with van der Waals surface area (Å²) in [6, 6.07) is 1.83. The van der Waals surface area contributed by atoms with Crippen molar-refractivity contribution in [3.05, 3.63) is 30.9 Å². The van der Waals surface area contributed by atoms with Gasteiger partial charge in [-0.1, -0.05) is 0 Å². The number of hydrogen-bond acceptors (Lipinski definition) is 4. The van der Waals surface area contributed by atoms with Gasteiger partial charge in [0.15, 0.2) is 0 Å². The second-order valence-electron chi connectivity index (χ2n) is 1.35. The topological polar surface area (TPSA) is 67.6 Å². The lowest BCUT2D eigenvalue weighted by Crippen LogP contribution is -1.53. The molecule has 0 bridgehead atoms. The second-order valence-corrected chi connectivity index (χ2v) is 1.35. The van der Waals surface area contributed by atoms with Crippen molar-refractivity contribution < 1.29 is 4.52 Å². The molecular formula is C5H6N4O. The van der Waals surface area contributed by atoms with Gasteiger partial charge >= 0.3 is 0 Å². The first-order valence-corrected chi connectivity index (χ1v) is 2.65. The van der Waals surface area contributed by atoms with E-state index in [1.165, 1.54) is 12.5 Å². The summed E-state index contributed by atoms with van der Waals surface area (Å²) in [4.78, 5) is 0. The quantitative estimate of drug-likeness (QED) is 0.574. The Labute approximate surface area is 57.0 Å². The van der Waals surface area contributed by atoms with E-state index in [4.69, 9.17) is 0 Å². The van der Waals surface area contributed by atoms with Crippen molar-refractivity contribution in [2.24, 2.45) is 0 Å². The molecule has 2 aromatic heterocycles. The Kier molecular flexibility index (Phi) is 2.75. The maximum atomic E-state index is 4.22. The Morgan fingerprint density at radius 3 is 2.50 bits per heavy atom. The van der Waals surface area contributed by atoms with Crippen LogP contribution in [0.15, 0.2) is 35.4 Å². The fraction of sp³-hybridized carbons (Fsp3) is 0. The number of aromatic nitrogens is 4. The van der Waals surface area contributed by atoms with E-state index in [2.05, 4.69) is 25.1 Å². The summed E-state index contributed by atoms with van der Waals surface area (Å²) in [7, 11) is 0. The molecule has 52 valence electrons. The van der Waals surface area contributed by atoms with Crippen molar-refractivity contribution in [1.29, 1.82) is 0 Å². The van der Waals surface area contributed by atoms with E-state index in [1.807, 2.05) is 6.07 Å². The number of H-pyrrole nitrogens is 1. The first-order chi connectivity index (χ1) is 5.00. The van der Waals surface area contributed by atoms with Crippen LogP contribution in [-0.2, 0) is 0 Å². The molecule has 0 aliphatic heterocycles. The van der Waals surface area contributed by atoms with Gasteiger partial charge < -0.3 is 4.52 Å². The van der Waals surface area contributed by atoms with Gasteiger partial charge in [-0.05, 0) is 6.07 Å². The molecule has 5 nitrogen and oxygen atoms in total. The average Bonchev–Trinajstić information content (AvgIpc) is 2.67. The first kappa shape index (κ1) is 6.47. The lowest BCUT2D eigenvalue weighted by Gasteiger charge is -1.49. The largest absolute Gasteiger partial charge is 0.346 e. The minimum absolute atomic E-state index is 1.40. The van der Waals surface area contributed by atoms with Crippen molar-refractivity contribution in [3.63, 3.8) is 0 Å². The van der Waals surface area contributed by atoms with Gasteiger partial charge in [0.05, 0.1) is 6.20 Å². The third-order valence-electron chi connectivity index (χ3n) is 0.689. The molecule has 2 aromatic rings. The zero-order valence-electron chi connectivity index (χ0n) is 5.14. The van der Waals surface area contributed by atoms with Crippen LogP contribution < -0.4 is 0 Å². The van der Waals surface area contributed by atoms with E-state index in [9.17, 15) is 0 Å². The van der Waals surface area contributed by atoms with Crippen LogP contribution >= 0.6 is 0 Å². The van der Waals surface area contributed by atoms with E-state index in [-0.39, 0.29) is 0 Å². The van der Waals surface area contributed by atoms with Crippen LogP contribution in [0.3, 0.4) is 0 Å². The van der Waals surface area contributed by atoms with Crippen molar-refractivity contribution in [3.8, 4) is 0 Å². The molecule has 0 saturated heterocycles. The third kappa shape index (κ3) is 2.61. The number of rotatable bonds is 0. The Balaban J connectivity index is 0.0000001000. The smallest absolute Gasteiger partial charge is 0.144 e. The minimum atomic E-state index is 1.40. The summed E-state index contributed by atoms with van der Waals surface area (Å²) in [5, 5.41) is 12.6. The molecule has 0 aliphatic rings. The first-order valence-electron chi connectivity index (χ1n) is 2.65. The summed E-state index contributed by atoms with van der Waals surface area (Å²) in [5.41, 5.74) is 0. The number of nitrogens with one attached hydrogen (secondary N) is 1. The Morgan fingerprint density at radius 2 is 2.30 bits per heavy atom. The molecule has 0 atom stereocenters. The number of aromatic amines is 1. The highest BCUT2D eigenvalue weighted by Gasteiger charge is 1.61. The van der Waals surface area contributed by atoms with Gasteiger partial charge in [-0.15, -0.1) is 5.10 Å². The van der Waals surface area contributed by atoms with Crippen molar-refractivity contribution >= 4 is 0 Å². The van der Waals surface area contributed by atoms with Gasteiger partial charge in [0.1, 0.15) is 6.26 Å². The van der Waals surface area contributed by atoms with Crippen LogP contribution in [0.25, 0.3) is 0 Å². The maximum absolute atomic E-state index is 4.22. The normalized spacial score (nSPS) is 8.00. The highest BCUT2D eigenvalue weighted by atomic mass is 16.5. The maximum Gasteiger partial charge on any atom is 0.144 e. The molecule has 0 unspecified atom stereocenters. The van der Waals surface area contributed by atoms with Gasteiger partial charge in [0.2, 0.25) is 0 Å². The molecule has 5 heteroatoms. The van der Waals surface area contributed by atoms with Crippen LogP contribution in [0.4, 0.5) is 0 Å². The molecule has 0 spiro atoms. The van der Waals surface area contributed by atoms with Gasteiger partial charge in [-0.3, -0.25) is 5.10 Å². The predicted molar refractivity (Wildman–Crippen MR) is 32.9 cm³/mol. The summed E-state index contributed by atoms with van der Waals surface area (Å²) in [6.45, 7) is 0. The van der Waals surface area contributed by atoms with Crippen molar-refractivity contribution in [2.75, 3.05) is 0 Å². The van der Waals surface area contributed by atoms with Crippen LogP contribution in [0, 0.1) is 0 Å². The summed E-state index contributed by atoms with van der Waals surface area (Å²) < 4.78 is 4.22. The summed E-state index contributed by atoms with van der Waals surface area (Å²) >= 11 is 0. The van der Waals surface area contributed by atoms with Crippen molar-refractivity contribution in [1.82, 2.24) is 20.6 Å². The minimum Gasteiger partial charge on any atom is -0.346 e. The lowest BCUT2D eigenvalue weighted by atomic mass is 10.8. The fourth-order valence-corrected chi connectivity index (χ4v) is 0.351. The molecule has 0 fully saturated rings. The van der Waals surface area contributed by atoms with E-state index < -0.39 is 0 Å². The highest BCUT2D eigenvalue weighted by molar-refractivity contribution is 4.72. The Morgan fingerprint density at radius 1 is 1.30 bits per heavy atom. The summed E-state index contributed by atoms with van der Waals surface area (Å²) in [6.07, 6.45) is 6.33. The molecule has 0 radical (unpaired) electrons. The molecule has 0 aliphatic carbocycles. The molecule has 10 heavy (non-hydrogen) atoms.